The Morgan fingerprint density at radius 1 is 1.11 bits per heavy atom. The maximum Gasteiger partial charge on any atom is 0.277 e. The topological polar surface area (TPSA) is 153 Å². The molecule has 0 radical (unpaired) electrons. The van der Waals surface area contributed by atoms with Gasteiger partial charge < -0.3 is 14.9 Å². The Morgan fingerprint density at radius 3 is 2.42 bits per heavy atom. The summed E-state index contributed by atoms with van der Waals surface area (Å²) in [5, 5.41) is 26.6. The second-order valence-electron chi connectivity index (χ2n) is 9.93. The summed E-state index contributed by atoms with van der Waals surface area (Å²) in [5.74, 6) is -0.211. The van der Waals surface area contributed by atoms with Crippen LogP contribution in [0.25, 0.3) is 0 Å². The zero-order chi connectivity index (χ0) is 26.5. The fourth-order valence-electron chi connectivity index (χ4n) is 5.11. The van der Waals surface area contributed by atoms with Crippen LogP contribution in [0, 0.1) is 6.92 Å². The van der Waals surface area contributed by atoms with Crippen LogP contribution < -0.4 is 10.5 Å². The zero-order valence-electron chi connectivity index (χ0n) is 21.7. The van der Waals surface area contributed by atoms with Crippen LogP contribution in [0.4, 0.5) is 11.4 Å². The summed E-state index contributed by atoms with van der Waals surface area (Å²) in [6, 6.07) is -1.08. The lowest BCUT2D eigenvalue weighted by atomic mass is 9.91. The number of hydrogen-bond acceptors (Lipinski definition) is 10. The van der Waals surface area contributed by atoms with Crippen molar-refractivity contribution >= 4 is 21.5 Å². The molecule has 0 amide bonds. The van der Waals surface area contributed by atoms with Gasteiger partial charge >= 0.3 is 0 Å². The Balaban J connectivity index is 1.95. The van der Waals surface area contributed by atoms with Crippen LogP contribution in [0.2, 0.25) is 0 Å². The molecule has 3 rings (SSSR count). The molecule has 2 heterocycles. The maximum absolute atomic E-state index is 13.5. The van der Waals surface area contributed by atoms with Crippen molar-refractivity contribution in [2.45, 2.75) is 75.7 Å². The van der Waals surface area contributed by atoms with Crippen molar-refractivity contribution in [2.75, 3.05) is 45.7 Å². The van der Waals surface area contributed by atoms with Gasteiger partial charge in [-0.3, -0.25) is 13.9 Å². The van der Waals surface area contributed by atoms with Gasteiger partial charge in [-0.05, 0) is 72.5 Å². The van der Waals surface area contributed by atoms with E-state index < -0.39 is 21.4 Å². The highest BCUT2D eigenvalue weighted by Crippen LogP contribution is 2.37. The van der Waals surface area contributed by atoms with Crippen molar-refractivity contribution in [3.63, 3.8) is 0 Å². The molecule has 0 spiro atoms. The van der Waals surface area contributed by atoms with E-state index in [9.17, 15) is 22.9 Å². The summed E-state index contributed by atoms with van der Waals surface area (Å²) < 4.78 is 34.5. The number of rotatable bonds is 9. The molecule has 1 aliphatic heterocycles. The molecular formula is C23H39N7O5S. The van der Waals surface area contributed by atoms with Gasteiger partial charge in [-0.2, -0.15) is 23.8 Å². The minimum absolute atomic E-state index is 0.181. The predicted octanol–water partition coefficient (Wildman–Crippen LogP) is 3.15. The van der Waals surface area contributed by atoms with Gasteiger partial charge in [-0.1, -0.05) is 0 Å². The van der Waals surface area contributed by atoms with E-state index >= 15 is 0 Å². The SMILES string of the molecule is CN=NC1CC(N=Nc2c(C)c(N3CCCCC3)c(=O)n(CCCN(C)C)c2O)CCC1S(=O)(=O)O. The van der Waals surface area contributed by atoms with Gasteiger partial charge in [0.05, 0.1) is 12.1 Å². The third kappa shape index (κ3) is 6.68. The number of pyridine rings is 1. The van der Waals surface area contributed by atoms with Gasteiger partial charge in [0.15, 0.2) is 5.69 Å². The number of piperidine rings is 1. The Hall–Kier alpha value is -2.38. The Morgan fingerprint density at radius 2 is 1.81 bits per heavy atom. The Labute approximate surface area is 212 Å². The maximum atomic E-state index is 13.5. The van der Waals surface area contributed by atoms with E-state index in [0.717, 1.165) is 38.9 Å². The second-order valence-corrected chi connectivity index (χ2v) is 11.6. The van der Waals surface area contributed by atoms with Crippen molar-refractivity contribution in [1.29, 1.82) is 0 Å². The van der Waals surface area contributed by atoms with Crippen molar-refractivity contribution < 1.29 is 18.1 Å². The van der Waals surface area contributed by atoms with E-state index in [1.54, 1.807) is 6.92 Å². The molecule has 0 aromatic carbocycles. The van der Waals surface area contributed by atoms with Crippen LogP contribution in [0.15, 0.2) is 25.3 Å². The third-order valence-electron chi connectivity index (χ3n) is 6.98. The first-order valence-corrected chi connectivity index (χ1v) is 14.1. The van der Waals surface area contributed by atoms with Crippen LogP contribution in [-0.2, 0) is 16.7 Å². The predicted molar refractivity (Wildman–Crippen MR) is 138 cm³/mol. The molecule has 0 bridgehead atoms. The smallest absolute Gasteiger partial charge is 0.277 e. The molecule has 1 aliphatic carbocycles. The van der Waals surface area contributed by atoms with Crippen molar-refractivity contribution in [2.24, 2.45) is 20.5 Å². The minimum Gasteiger partial charge on any atom is -0.493 e. The van der Waals surface area contributed by atoms with E-state index in [2.05, 4.69) is 25.4 Å². The highest BCUT2D eigenvalue weighted by molar-refractivity contribution is 7.86. The summed E-state index contributed by atoms with van der Waals surface area (Å²) in [7, 11) is 1.11. The molecule has 1 saturated heterocycles. The zero-order valence-corrected chi connectivity index (χ0v) is 22.5. The molecule has 1 aromatic heterocycles. The summed E-state index contributed by atoms with van der Waals surface area (Å²) >= 11 is 0. The fourth-order valence-corrected chi connectivity index (χ4v) is 6.11. The molecule has 1 aromatic rings. The van der Waals surface area contributed by atoms with Gasteiger partial charge in [0.1, 0.15) is 10.9 Å². The number of anilines is 1. The second kappa shape index (κ2) is 12.2. The standard InChI is InChI=1S/C23H39N7O5S/c1-16-20(27-25-17-9-10-19(36(33,34)35)18(15-17)26-24-2)22(31)30(14-8-11-28(3)4)23(32)21(16)29-12-6-5-7-13-29/h17-19,31H,5-15H2,1-4H3,(H,33,34,35). The normalized spacial score (nSPS) is 23.8. The van der Waals surface area contributed by atoms with Gasteiger partial charge in [-0.25, -0.2) is 0 Å². The average molecular weight is 526 g/mol. The molecule has 1 saturated carbocycles. The number of aromatic hydroxyl groups is 1. The minimum atomic E-state index is -4.26. The number of hydrogen-bond donors (Lipinski definition) is 2. The quantitative estimate of drug-likeness (QED) is 0.371. The third-order valence-corrected chi connectivity index (χ3v) is 8.29. The lowest BCUT2D eigenvalue weighted by molar-refractivity contribution is 0.354. The molecule has 2 fully saturated rings. The lowest BCUT2D eigenvalue weighted by Crippen LogP contribution is -2.39. The summed E-state index contributed by atoms with van der Waals surface area (Å²) in [6.45, 7) is 4.45. The molecule has 36 heavy (non-hydrogen) atoms. The largest absolute Gasteiger partial charge is 0.493 e. The number of nitrogens with zero attached hydrogens (tertiary/aromatic N) is 7. The molecule has 12 nitrogen and oxygen atoms in total. The van der Waals surface area contributed by atoms with Crippen LogP contribution in [0.1, 0.15) is 50.5 Å². The van der Waals surface area contributed by atoms with E-state index in [0.29, 0.717) is 30.6 Å². The summed E-state index contributed by atoms with van der Waals surface area (Å²) in [6.07, 6.45) is 4.64. The molecule has 202 valence electrons. The van der Waals surface area contributed by atoms with Crippen LogP contribution >= 0.6 is 0 Å². The Kier molecular flexibility index (Phi) is 9.59. The van der Waals surface area contributed by atoms with E-state index in [1.807, 2.05) is 19.0 Å². The first kappa shape index (κ1) is 28.2. The highest BCUT2D eigenvalue weighted by Gasteiger charge is 2.38. The molecular weight excluding hydrogens is 486 g/mol. The monoisotopic (exact) mass is 525 g/mol. The van der Waals surface area contributed by atoms with Crippen LogP contribution in [0.5, 0.6) is 5.88 Å². The number of azo groups is 2. The lowest BCUT2D eigenvalue weighted by Gasteiger charge is -2.31. The first-order chi connectivity index (χ1) is 17.0. The van der Waals surface area contributed by atoms with Gasteiger partial charge in [-0.15, -0.1) is 5.11 Å². The van der Waals surface area contributed by atoms with E-state index in [1.165, 1.54) is 11.6 Å². The van der Waals surface area contributed by atoms with Crippen molar-refractivity contribution in [3.8, 4) is 5.88 Å². The number of aromatic nitrogens is 1. The van der Waals surface area contributed by atoms with Gasteiger partial charge in [0.25, 0.3) is 15.7 Å². The first-order valence-electron chi connectivity index (χ1n) is 12.6. The fraction of sp³-hybridized carbons (Fsp3) is 0.783. The van der Waals surface area contributed by atoms with Crippen molar-refractivity contribution in [3.05, 3.63) is 15.9 Å². The van der Waals surface area contributed by atoms with Gasteiger partial charge in [0, 0.05) is 32.2 Å². The summed E-state index contributed by atoms with van der Waals surface area (Å²) in [5.41, 5.74) is 1.18. The molecule has 13 heteroatoms. The van der Waals surface area contributed by atoms with Crippen LogP contribution in [0.3, 0.4) is 0 Å². The average Bonchev–Trinajstić information content (AvgIpc) is 2.81. The molecule has 2 N–H and O–H groups in total. The molecule has 3 unspecified atom stereocenters. The van der Waals surface area contributed by atoms with E-state index in [-0.39, 0.29) is 36.0 Å². The molecule has 3 atom stereocenters. The molecule has 2 aliphatic rings. The van der Waals surface area contributed by atoms with Gasteiger partial charge in [0.2, 0.25) is 5.88 Å². The van der Waals surface area contributed by atoms with E-state index in [4.69, 9.17) is 0 Å². The summed E-state index contributed by atoms with van der Waals surface area (Å²) in [4.78, 5) is 17.6. The highest BCUT2D eigenvalue weighted by atomic mass is 32.2. The van der Waals surface area contributed by atoms with Crippen LogP contribution in [-0.4, -0.2) is 85.7 Å². The Bertz CT molecular complexity index is 1130. The van der Waals surface area contributed by atoms with Crippen molar-refractivity contribution in [1.82, 2.24) is 9.47 Å².